The summed E-state index contributed by atoms with van der Waals surface area (Å²) in [6.07, 6.45) is 2.62. The normalized spacial score (nSPS) is 16.8. The molecule has 1 aromatic rings. The molecule has 3 atom stereocenters. The highest BCUT2D eigenvalue weighted by atomic mass is 16.3. The standard InChI is InChI=1S/C13H25N3O/c1-6-9(2)13(17)8-14-10(3)12-7-15-16(5)11(12)4/h7,9-10,13-14,17H,6,8H2,1-5H3. The highest BCUT2D eigenvalue weighted by Gasteiger charge is 2.16. The van der Waals surface area contributed by atoms with Gasteiger partial charge in [-0.1, -0.05) is 20.3 Å². The van der Waals surface area contributed by atoms with Gasteiger partial charge in [0.15, 0.2) is 0 Å². The Morgan fingerprint density at radius 3 is 2.59 bits per heavy atom. The second-order valence-corrected chi connectivity index (χ2v) is 4.89. The van der Waals surface area contributed by atoms with Crippen LogP contribution in [0.2, 0.25) is 0 Å². The molecule has 0 fully saturated rings. The Bertz CT molecular complexity index is 348. The molecule has 0 aliphatic carbocycles. The van der Waals surface area contributed by atoms with Crippen LogP contribution in [-0.4, -0.2) is 27.5 Å². The molecule has 3 unspecified atom stereocenters. The zero-order valence-electron chi connectivity index (χ0n) is 11.6. The zero-order chi connectivity index (χ0) is 13.0. The summed E-state index contributed by atoms with van der Waals surface area (Å²) in [5.74, 6) is 0.338. The van der Waals surface area contributed by atoms with Gasteiger partial charge in [-0.25, -0.2) is 0 Å². The Balaban J connectivity index is 2.50. The molecule has 98 valence electrons. The molecule has 2 N–H and O–H groups in total. The molecular weight excluding hydrogens is 214 g/mol. The van der Waals surface area contributed by atoms with Crippen molar-refractivity contribution >= 4 is 0 Å². The van der Waals surface area contributed by atoms with E-state index in [0.717, 1.165) is 6.42 Å². The monoisotopic (exact) mass is 239 g/mol. The van der Waals surface area contributed by atoms with Crippen molar-refractivity contribution in [1.82, 2.24) is 15.1 Å². The zero-order valence-corrected chi connectivity index (χ0v) is 11.6. The summed E-state index contributed by atoms with van der Waals surface area (Å²) < 4.78 is 1.87. The number of aliphatic hydroxyl groups excluding tert-OH is 1. The molecule has 4 heteroatoms. The minimum atomic E-state index is -0.278. The molecular formula is C13H25N3O. The van der Waals surface area contributed by atoms with E-state index < -0.39 is 0 Å². The lowest BCUT2D eigenvalue weighted by Gasteiger charge is -2.20. The number of hydrogen-bond donors (Lipinski definition) is 2. The molecule has 0 saturated heterocycles. The Kier molecular flexibility index (Phi) is 5.15. The molecule has 4 nitrogen and oxygen atoms in total. The van der Waals surface area contributed by atoms with Crippen LogP contribution in [0.3, 0.4) is 0 Å². The van der Waals surface area contributed by atoms with Gasteiger partial charge >= 0.3 is 0 Å². The van der Waals surface area contributed by atoms with Gasteiger partial charge in [-0.05, 0) is 19.8 Å². The molecule has 0 bridgehead atoms. The number of nitrogens with one attached hydrogen (secondary N) is 1. The second kappa shape index (κ2) is 6.17. The third-order valence-corrected chi connectivity index (χ3v) is 3.67. The van der Waals surface area contributed by atoms with Gasteiger partial charge < -0.3 is 10.4 Å². The van der Waals surface area contributed by atoms with Crippen LogP contribution in [0, 0.1) is 12.8 Å². The predicted octanol–water partition coefficient (Wildman–Crippen LogP) is 1.79. The fraction of sp³-hybridized carbons (Fsp3) is 0.769. The van der Waals surface area contributed by atoms with Crippen LogP contribution in [0.1, 0.15) is 44.5 Å². The lowest BCUT2D eigenvalue weighted by Crippen LogP contribution is -2.33. The number of aliphatic hydroxyl groups is 1. The van der Waals surface area contributed by atoms with Crippen molar-refractivity contribution in [1.29, 1.82) is 0 Å². The first-order valence-electron chi connectivity index (χ1n) is 6.37. The van der Waals surface area contributed by atoms with Crippen LogP contribution in [-0.2, 0) is 7.05 Å². The Morgan fingerprint density at radius 1 is 1.47 bits per heavy atom. The largest absolute Gasteiger partial charge is 0.392 e. The van der Waals surface area contributed by atoms with E-state index in [1.807, 2.05) is 17.9 Å². The third kappa shape index (κ3) is 3.54. The first kappa shape index (κ1) is 14.2. The molecule has 0 aliphatic heterocycles. The molecule has 0 amide bonds. The van der Waals surface area contributed by atoms with Crippen molar-refractivity contribution in [2.45, 2.75) is 46.3 Å². The maximum absolute atomic E-state index is 9.90. The van der Waals surface area contributed by atoms with Gasteiger partial charge in [0.05, 0.1) is 12.3 Å². The van der Waals surface area contributed by atoms with Crippen LogP contribution in [0.5, 0.6) is 0 Å². The summed E-state index contributed by atoms with van der Waals surface area (Å²) in [7, 11) is 1.94. The van der Waals surface area contributed by atoms with Crippen molar-refractivity contribution in [2.75, 3.05) is 6.54 Å². The van der Waals surface area contributed by atoms with Crippen LogP contribution < -0.4 is 5.32 Å². The van der Waals surface area contributed by atoms with Crippen LogP contribution in [0.15, 0.2) is 6.20 Å². The van der Waals surface area contributed by atoms with Crippen molar-refractivity contribution in [3.05, 3.63) is 17.5 Å². The van der Waals surface area contributed by atoms with Gasteiger partial charge in [0.2, 0.25) is 0 Å². The topological polar surface area (TPSA) is 50.1 Å². The Labute approximate surface area is 104 Å². The van der Waals surface area contributed by atoms with E-state index in [-0.39, 0.29) is 12.1 Å². The van der Waals surface area contributed by atoms with Crippen molar-refractivity contribution in [3.8, 4) is 0 Å². The van der Waals surface area contributed by atoms with E-state index >= 15 is 0 Å². The number of hydrogen-bond acceptors (Lipinski definition) is 3. The highest BCUT2D eigenvalue weighted by molar-refractivity contribution is 5.19. The number of aromatic nitrogens is 2. The van der Waals surface area contributed by atoms with Crippen molar-refractivity contribution in [2.24, 2.45) is 13.0 Å². The maximum atomic E-state index is 9.90. The summed E-state index contributed by atoms with van der Waals surface area (Å²) in [4.78, 5) is 0. The lowest BCUT2D eigenvalue weighted by molar-refractivity contribution is 0.110. The number of rotatable bonds is 6. The molecule has 1 aromatic heterocycles. The SMILES string of the molecule is CCC(C)C(O)CNC(C)c1cnn(C)c1C. The van der Waals surface area contributed by atoms with Crippen molar-refractivity contribution in [3.63, 3.8) is 0 Å². The third-order valence-electron chi connectivity index (χ3n) is 3.67. The van der Waals surface area contributed by atoms with Crippen LogP contribution in [0.25, 0.3) is 0 Å². The van der Waals surface area contributed by atoms with Gasteiger partial charge in [-0.15, -0.1) is 0 Å². The van der Waals surface area contributed by atoms with E-state index in [2.05, 4.69) is 38.1 Å². The van der Waals surface area contributed by atoms with Gasteiger partial charge in [0.1, 0.15) is 0 Å². The van der Waals surface area contributed by atoms with Crippen LogP contribution in [0.4, 0.5) is 0 Å². The van der Waals surface area contributed by atoms with E-state index in [9.17, 15) is 5.11 Å². The summed E-state index contributed by atoms with van der Waals surface area (Å²) >= 11 is 0. The molecule has 0 radical (unpaired) electrons. The maximum Gasteiger partial charge on any atom is 0.0690 e. The average molecular weight is 239 g/mol. The second-order valence-electron chi connectivity index (χ2n) is 4.89. The van der Waals surface area contributed by atoms with E-state index in [0.29, 0.717) is 12.5 Å². The van der Waals surface area contributed by atoms with Gasteiger partial charge in [-0.3, -0.25) is 4.68 Å². The average Bonchev–Trinajstić information content (AvgIpc) is 2.65. The molecule has 1 rings (SSSR count). The predicted molar refractivity (Wildman–Crippen MR) is 69.8 cm³/mol. The van der Waals surface area contributed by atoms with Gasteiger partial charge in [0.25, 0.3) is 0 Å². The van der Waals surface area contributed by atoms with Crippen LogP contribution >= 0.6 is 0 Å². The van der Waals surface area contributed by atoms with Crippen molar-refractivity contribution < 1.29 is 5.11 Å². The number of nitrogens with zero attached hydrogens (tertiary/aromatic N) is 2. The van der Waals surface area contributed by atoms with Gasteiger partial charge in [-0.2, -0.15) is 5.10 Å². The quantitative estimate of drug-likeness (QED) is 0.795. The van der Waals surface area contributed by atoms with Gasteiger partial charge in [0, 0.05) is 30.9 Å². The summed E-state index contributed by atoms with van der Waals surface area (Å²) in [6.45, 7) is 8.97. The fourth-order valence-electron chi connectivity index (χ4n) is 1.82. The minimum Gasteiger partial charge on any atom is -0.392 e. The lowest BCUT2D eigenvalue weighted by atomic mass is 10.0. The van der Waals surface area contributed by atoms with E-state index in [4.69, 9.17) is 0 Å². The molecule has 0 saturated carbocycles. The molecule has 0 spiro atoms. The van der Waals surface area contributed by atoms with E-state index in [1.54, 1.807) is 0 Å². The highest BCUT2D eigenvalue weighted by Crippen LogP contribution is 2.16. The minimum absolute atomic E-state index is 0.224. The molecule has 0 aromatic carbocycles. The number of aryl methyl sites for hydroxylation is 1. The Morgan fingerprint density at radius 2 is 2.12 bits per heavy atom. The fourth-order valence-corrected chi connectivity index (χ4v) is 1.82. The van der Waals surface area contributed by atoms with E-state index in [1.165, 1.54) is 11.3 Å². The Hall–Kier alpha value is -0.870. The summed E-state index contributed by atoms with van der Waals surface area (Å²) in [5.41, 5.74) is 2.37. The first-order chi connectivity index (χ1) is 7.97. The molecule has 1 heterocycles. The molecule has 17 heavy (non-hydrogen) atoms. The first-order valence-corrected chi connectivity index (χ1v) is 6.37. The summed E-state index contributed by atoms with van der Waals surface area (Å²) in [5, 5.41) is 17.5. The molecule has 0 aliphatic rings. The summed E-state index contributed by atoms with van der Waals surface area (Å²) in [6, 6.07) is 0.224. The smallest absolute Gasteiger partial charge is 0.0690 e.